The number of hydrogen-bond donors (Lipinski definition) is 2. The number of rotatable bonds is 9. The minimum Gasteiger partial charge on any atom is -0.860 e. The summed E-state index contributed by atoms with van der Waals surface area (Å²) in [5.41, 5.74) is 0.532. The molecule has 3 rings (SSSR count). The minimum atomic E-state index is -4.76. The number of amides is 1. The van der Waals surface area contributed by atoms with Crippen molar-refractivity contribution in [3.8, 4) is 0 Å². The second kappa shape index (κ2) is 10.2. The maximum Gasteiger partial charge on any atom is 0.238 e. The highest BCUT2D eigenvalue weighted by Gasteiger charge is 2.33. The van der Waals surface area contributed by atoms with Gasteiger partial charge in [0.2, 0.25) is 5.91 Å². The summed E-state index contributed by atoms with van der Waals surface area (Å²) in [5, 5.41) is 17.4. The highest BCUT2D eigenvalue weighted by atomic mass is 32.3. The Morgan fingerprint density at radius 3 is 1.73 bits per heavy atom. The largest absolute Gasteiger partial charge is 0.860 e. The Balaban J connectivity index is 1.92. The molecule has 0 aliphatic rings. The standard InChI is InChI=1S/C23H21N2O6S2/c26-21(24-19-12-6-2-7-13-19)16-32(28,29)23(18-10-4-1-5-11-18)33(30,31)17-22(27)25-20-14-8-3-9-15-20/h1-16,24,26H,17H2,(H,25,27)/q-1/p-1/b21-16-. The van der Waals surface area contributed by atoms with E-state index in [2.05, 4.69) is 10.6 Å². The number of anilines is 2. The molecule has 0 heterocycles. The molecule has 8 nitrogen and oxygen atoms in total. The lowest BCUT2D eigenvalue weighted by Crippen LogP contribution is -2.31. The summed E-state index contributed by atoms with van der Waals surface area (Å²) in [5.74, 6) is -3.07. The number of sulfone groups is 2. The average Bonchev–Trinajstić information content (AvgIpc) is 2.74. The third kappa shape index (κ3) is 6.61. The summed E-state index contributed by atoms with van der Waals surface area (Å²) in [6.45, 7) is 0. The quantitative estimate of drug-likeness (QED) is 0.352. The Kier molecular flexibility index (Phi) is 7.41. The molecule has 10 heteroatoms. The van der Waals surface area contributed by atoms with Crippen molar-refractivity contribution in [1.29, 1.82) is 0 Å². The van der Waals surface area contributed by atoms with Crippen molar-refractivity contribution in [1.82, 2.24) is 0 Å². The molecule has 0 radical (unpaired) electrons. The normalized spacial score (nSPS) is 12.1. The van der Waals surface area contributed by atoms with Gasteiger partial charge in [0.1, 0.15) is 5.75 Å². The monoisotopic (exact) mass is 484 g/mol. The van der Waals surface area contributed by atoms with Crippen LogP contribution in [-0.2, 0) is 24.5 Å². The number of nitrogens with one attached hydrogen (secondary N) is 2. The first-order valence-electron chi connectivity index (χ1n) is 9.63. The molecule has 172 valence electrons. The van der Waals surface area contributed by atoms with Crippen LogP contribution in [0.25, 0.3) is 0 Å². The van der Waals surface area contributed by atoms with Gasteiger partial charge in [0.15, 0.2) is 19.7 Å². The van der Waals surface area contributed by atoms with Crippen molar-refractivity contribution < 1.29 is 26.7 Å². The third-order valence-electron chi connectivity index (χ3n) is 4.23. The van der Waals surface area contributed by atoms with E-state index in [0.717, 1.165) is 0 Å². The molecule has 0 bridgehead atoms. The molecule has 0 aliphatic carbocycles. The van der Waals surface area contributed by atoms with Gasteiger partial charge in [0.05, 0.1) is 4.58 Å². The first-order chi connectivity index (χ1) is 15.7. The predicted octanol–water partition coefficient (Wildman–Crippen LogP) is 2.26. The van der Waals surface area contributed by atoms with Crippen LogP contribution in [-0.4, -0.2) is 28.5 Å². The smallest absolute Gasteiger partial charge is 0.238 e. The number of carbonyl (C=O) groups excluding carboxylic acids is 1. The van der Waals surface area contributed by atoms with E-state index in [-0.39, 0.29) is 5.56 Å². The topological polar surface area (TPSA) is 132 Å². The molecule has 0 unspecified atom stereocenters. The van der Waals surface area contributed by atoms with Gasteiger partial charge in [-0.25, -0.2) is 16.8 Å². The molecule has 3 aromatic rings. The van der Waals surface area contributed by atoms with Gasteiger partial charge in [0, 0.05) is 16.8 Å². The first kappa shape index (κ1) is 23.9. The van der Waals surface area contributed by atoms with Crippen molar-refractivity contribution in [2.24, 2.45) is 0 Å². The molecule has 0 atom stereocenters. The van der Waals surface area contributed by atoms with Crippen molar-refractivity contribution >= 4 is 37.0 Å². The maximum absolute atomic E-state index is 13.1. The summed E-state index contributed by atoms with van der Waals surface area (Å²) < 4.78 is 51.3. The van der Waals surface area contributed by atoms with Crippen LogP contribution >= 0.6 is 0 Å². The SMILES string of the molecule is O=C(CS(=O)(=O)[C-](c1ccccc1)S(=O)(=O)/C=C(\[O-])Nc1ccccc1)Nc1ccccc1. The van der Waals surface area contributed by atoms with Crippen LogP contribution in [0.4, 0.5) is 11.4 Å². The Morgan fingerprint density at radius 2 is 1.21 bits per heavy atom. The van der Waals surface area contributed by atoms with Crippen molar-refractivity contribution in [3.05, 3.63) is 112 Å². The summed E-state index contributed by atoms with van der Waals surface area (Å²) in [6, 6.07) is 23.3. The van der Waals surface area contributed by atoms with E-state index in [1.807, 2.05) is 0 Å². The fourth-order valence-corrected chi connectivity index (χ4v) is 6.63. The zero-order valence-electron chi connectivity index (χ0n) is 17.2. The van der Waals surface area contributed by atoms with E-state index in [1.54, 1.807) is 66.7 Å². The van der Waals surface area contributed by atoms with E-state index in [1.165, 1.54) is 24.3 Å². The number of para-hydroxylation sites is 2. The molecule has 0 aromatic heterocycles. The summed E-state index contributed by atoms with van der Waals surface area (Å²) in [4.78, 5) is 12.4. The Hall–Kier alpha value is -3.76. The maximum atomic E-state index is 13.1. The predicted molar refractivity (Wildman–Crippen MR) is 125 cm³/mol. The molecular formula is C23H20N2O6S2-2. The highest BCUT2D eigenvalue weighted by Crippen LogP contribution is 2.30. The van der Waals surface area contributed by atoms with Gasteiger partial charge < -0.3 is 15.7 Å². The van der Waals surface area contributed by atoms with Crippen LogP contribution in [0.15, 0.2) is 102 Å². The van der Waals surface area contributed by atoms with Crippen molar-refractivity contribution in [3.63, 3.8) is 0 Å². The second-order valence-corrected chi connectivity index (χ2v) is 10.8. The van der Waals surface area contributed by atoms with Gasteiger partial charge in [-0.3, -0.25) is 4.79 Å². The third-order valence-corrected chi connectivity index (χ3v) is 8.41. The fourth-order valence-electron chi connectivity index (χ4n) is 2.94. The molecule has 0 saturated heterocycles. The first-order valence-corrected chi connectivity index (χ1v) is 12.8. The van der Waals surface area contributed by atoms with Gasteiger partial charge in [-0.05, 0) is 30.1 Å². The van der Waals surface area contributed by atoms with E-state index in [0.29, 0.717) is 16.8 Å². The van der Waals surface area contributed by atoms with Gasteiger partial charge in [-0.1, -0.05) is 42.5 Å². The van der Waals surface area contributed by atoms with Crippen LogP contribution in [0, 0.1) is 4.58 Å². The second-order valence-electron chi connectivity index (χ2n) is 6.84. The zero-order chi connectivity index (χ0) is 23.9. The van der Waals surface area contributed by atoms with Crippen molar-refractivity contribution in [2.45, 2.75) is 0 Å². The molecule has 0 fully saturated rings. The number of hydrogen-bond acceptors (Lipinski definition) is 7. The summed E-state index contributed by atoms with van der Waals surface area (Å²) >= 11 is 0. The van der Waals surface area contributed by atoms with Crippen LogP contribution in [0.1, 0.15) is 5.56 Å². The molecular weight excluding hydrogens is 464 g/mol. The number of benzene rings is 3. The van der Waals surface area contributed by atoms with Gasteiger partial charge in [0.25, 0.3) is 0 Å². The Bertz CT molecular complexity index is 1330. The van der Waals surface area contributed by atoms with Crippen LogP contribution in [0.5, 0.6) is 0 Å². The molecule has 0 spiro atoms. The molecule has 0 aliphatic heterocycles. The lowest BCUT2D eigenvalue weighted by molar-refractivity contribution is -0.299. The lowest BCUT2D eigenvalue weighted by Gasteiger charge is -2.25. The van der Waals surface area contributed by atoms with E-state index in [9.17, 15) is 26.7 Å². The molecule has 1 amide bonds. The van der Waals surface area contributed by atoms with Crippen LogP contribution in [0.2, 0.25) is 0 Å². The highest BCUT2D eigenvalue weighted by molar-refractivity contribution is 8.14. The molecule has 3 aromatic carbocycles. The van der Waals surface area contributed by atoms with Gasteiger partial charge in [-0.2, -0.15) is 17.7 Å². The molecule has 0 saturated carbocycles. The van der Waals surface area contributed by atoms with E-state index < -0.39 is 41.8 Å². The van der Waals surface area contributed by atoms with Gasteiger partial charge >= 0.3 is 0 Å². The summed E-state index contributed by atoms with van der Waals surface area (Å²) in [7, 11) is -9.42. The van der Waals surface area contributed by atoms with Crippen LogP contribution < -0.4 is 15.7 Å². The lowest BCUT2D eigenvalue weighted by atomic mass is 10.2. The average molecular weight is 485 g/mol. The molecule has 33 heavy (non-hydrogen) atoms. The van der Waals surface area contributed by atoms with Gasteiger partial charge in [-0.15, -0.1) is 12.1 Å². The van der Waals surface area contributed by atoms with Crippen LogP contribution in [0.3, 0.4) is 0 Å². The Morgan fingerprint density at radius 1 is 0.758 bits per heavy atom. The summed E-state index contributed by atoms with van der Waals surface area (Å²) in [6.07, 6.45) is 0. The number of carbonyl (C=O) groups is 1. The van der Waals surface area contributed by atoms with E-state index >= 15 is 0 Å². The minimum absolute atomic E-state index is 0.159. The van der Waals surface area contributed by atoms with E-state index in [4.69, 9.17) is 0 Å². The van der Waals surface area contributed by atoms with Crippen molar-refractivity contribution in [2.75, 3.05) is 16.4 Å². The fraction of sp³-hybridized carbons (Fsp3) is 0.0435. The zero-order valence-corrected chi connectivity index (χ0v) is 18.8. The molecule has 2 N–H and O–H groups in total. The Labute approximate surface area is 192 Å².